The Labute approximate surface area is 187 Å². The highest BCUT2D eigenvalue weighted by Crippen LogP contribution is 2.17. The first kappa shape index (κ1) is 23.2. The van der Waals surface area contributed by atoms with Gasteiger partial charge in [0.05, 0.1) is 12.8 Å². The number of unbranched alkanes of at least 4 members (excludes halogenated alkanes) is 5. The van der Waals surface area contributed by atoms with E-state index < -0.39 is 0 Å². The SMILES string of the molecule is CCCCCCCCOc1ccccc1/C=N/NC(=O)COc1ccc(I)cc1. The highest BCUT2D eigenvalue weighted by atomic mass is 127. The molecular weight excluding hydrogens is 479 g/mol. The summed E-state index contributed by atoms with van der Waals surface area (Å²) in [5.74, 6) is 1.11. The molecule has 156 valence electrons. The van der Waals surface area contributed by atoms with Crippen LogP contribution in [0.4, 0.5) is 0 Å². The number of nitrogens with zero attached hydrogens (tertiary/aromatic N) is 1. The quantitative estimate of drug-likeness (QED) is 0.167. The van der Waals surface area contributed by atoms with Crippen LogP contribution in [-0.2, 0) is 4.79 Å². The van der Waals surface area contributed by atoms with E-state index in [0.29, 0.717) is 12.4 Å². The first-order valence-electron chi connectivity index (χ1n) is 10.1. The highest BCUT2D eigenvalue weighted by Gasteiger charge is 2.03. The van der Waals surface area contributed by atoms with Crippen LogP contribution >= 0.6 is 22.6 Å². The molecule has 2 aromatic carbocycles. The van der Waals surface area contributed by atoms with Crippen LogP contribution in [0.15, 0.2) is 53.6 Å². The van der Waals surface area contributed by atoms with Crippen molar-refractivity contribution in [2.45, 2.75) is 45.4 Å². The average molecular weight is 508 g/mol. The Kier molecular flexibility index (Phi) is 11.2. The molecule has 0 aromatic heterocycles. The first-order chi connectivity index (χ1) is 14.2. The van der Waals surface area contributed by atoms with Crippen LogP contribution < -0.4 is 14.9 Å². The Balaban J connectivity index is 1.72. The van der Waals surface area contributed by atoms with E-state index in [1.165, 1.54) is 32.1 Å². The van der Waals surface area contributed by atoms with E-state index in [1.807, 2.05) is 48.5 Å². The summed E-state index contributed by atoms with van der Waals surface area (Å²) in [4.78, 5) is 11.9. The number of halogens is 1. The summed E-state index contributed by atoms with van der Waals surface area (Å²) < 4.78 is 12.4. The van der Waals surface area contributed by atoms with Crippen LogP contribution in [0.1, 0.15) is 51.0 Å². The molecule has 0 saturated heterocycles. The second-order valence-corrected chi connectivity index (χ2v) is 7.94. The van der Waals surface area contributed by atoms with Crippen molar-refractivity contribution in [3.63, 3.8) is 0 Å². The van der Waals surface area contributed by atoms with Gasteiger partial charge in [-0.25, -0.2) is 5.43 Å². The number of rotatable bonds is 13. The maximum absolute atomic E-state index is 11.9. The Morgan fingerprint density at radius 2 is 1.72 bits per heavy atom. The fourth-order valence-corrected chi connectivity index (χ4v) is 3.03. The third-order valence-electron chi connectivity index (χ3n) is 4.25. The fourth-order valence-electron chi connectivity index (χ4n) is 2.67. The first-order valence-corrected chi connectivity index (χ1v) is 11.2. The zero-order valence-electron chi connectivity index (χ0n) is 16.9. The molecule has 0 spiro atoms. The van der Waals surface area contributed by atoms with Crippen molar-refractivity contribution in [1.82, 2.24) is 5.43 Å². The molecule has 0 atom stereocenters. The van der Waals surface area contributed by atoms with Crippen LogP contribution in [-0.4, -0.2) is 25.3 Å². The summed E-state index contributed by atoms with van der Waals surface area (Å²) in [6, 6.07) is 15.2. The molecule has 2 aromatic rings. The topological polar surface area (TPSA) is 59.9 Å². The molecule has 0 bridgehead atoms. The van der Waals surface area contributed by atoms with Crippen molar-refractivity contribution in [3.8, 4) is 11.5 Å². The number of nitrogens with one attached hydrogen (secondary N) is 1. The van der Waals surface area contributed by atoms with Gasteiger partial charge in [-0.05, 0) is 65.4 Å². The lowest BCUT2D eigenvalue weighted by Gasteiger charge is -2.09. The summed E-state index contributed by atoms with van der Waals surface area (Å²) in [5, 5.41) is 4.02. The maximum Gasteiger partial charge on any atom is 0.277 e. The lowest BCUT2D eigenvalue weighted by molar-refractivity contribution is -0.123. The second-order valence-electron chi connectivity index (χ2n) is 6.69. The van der Waals surface area contributed by atoms with Crippen LogP contribution in [0.2, 0.25) is 0 Å². The van der Waals surface area contributed by atoms with E-state index in [2.05, 4.69) is 40.0 Å². The number of hydrogen-bond donors (Lipinski definition) is 1. The van der Waals surface area contributed by atoms with Crippen molar-refractivity contribution in [3.05, 3.63) is 57.7 Å². The minimum atomic E-state index is -0.315. The van der Waals surface area contributed by atoms with Gasteiger partial charge in [-0.1, -0.05) is 51.2 Å². The summed E-state index contributed by atoms with van der Waals surface area (Å²) in [6.07, 6.45) is 8.95. The molecule has 0 aliphatic rings. The van der Waals surface area contributed by atoms with Gasteiger partial charge in [-0.15, -0.1) is 0 Å². The molecule has 2 rings (SSSR count). The number of para-hydroxylation sites is 1. The number of carbonyl (C=O) groups excluding carboxylic acids is 1. The lowest BCUT2D eigenvalue weighted by atomic mass is 10.1. The molecule has 5 nitrogen and oxygen atoms in total. The average Bonchev–Trinajstić information content (AvgIpc) is 2.73. The monoisotopic (exact) mass is 508 g/mol. The minimum Gasteiger partial charge on any atom is -0.493 e. The highest BCUT2D eigenvalue weighted by molar-refractivity contribution is 14.1. The second kappa shape index (κ2) is 14.0. The minimum absolute atomic E-state index is 0.0892. The van der Waals surface area contributed by atoms with Crippen molar-refractivity contribution in [2.75, 3.05) is 13.2 Å². The van der Waals surface area contributed by atoms with E-state index in [0.717, 1.165) is 21.3 Å². The Morgan fingerprint density at radius 1 is 1.00 bits per heavy atom. The van der Waals surface area contributed by atoms with Crippen LogP contribution in [0.3, 0.4) is 0 Å². The molecule has 1 amide bonds. The van der Waals surface area contributed by atoms with E-state index in [1.54, 1.807) is 6.21 Å². The smallest absolute Gasteiger partial charge is 0.277 e. The van der Waals surface area contributed by atoms with Gasteiger partial charge >= 0.3 is 0 Å². The third-order valence-corrected chi connectivity index (χ3v) is 4.97. The summed E-state index contributed by atoms with van der Waals surface area (Å²) in [6.45, 7) is 2.82. The number of amides is 1. The molecule has 0 unspecified atom stereocenters. The Bertz CT molecular complexity index is 763. The normalized spacial score (nSPS) is 10.8. The van der Waals surface area contributed by atoms with Crippen molar-refractivity contribution in [1.29, 1.82) is 0 Å². The van der Waals surface area contributed by atoms with Gasteiger partial charge in [0.25, 0.3) is 5.91 Å². The van der Waals surface area contributed by atoms with Gasteiger partial charge in [0.15, 0.2) is 6.61 Å². The standard InChI is InChI=1S/C23H29IN2O3/c1-2-3-4-5-6-9-16-28-22-11-8-7-10-19(22)17-25-26-23(27)18-29-21-14-12-20(24)13-15-21/h7-8,10-15,17H,2-6,9,16,18H2,1H3,(H,26,27)/b25-17+. The Morgan fingerprint density at radius 3 is 2.52 bits per heavy atom. The summed E-state index contributed by atoms with van der Waals surface area (Å²) >= 11 is 2.22. The van der Waals surface area contributed by atoms with E-state index in [4.69, 9.17) is 9.47 Å². The molecule has 29 heavy (non-hydrogen) atoms. The van der Waals surface area contributed by atoms with Crippen molar-refractivity contribution < 1.29 is 14.3 Å². The number of carbonyl (C=O) groups is 1. The lowest BCUT2D eigenvalue weighted by Crippen LogP contribution is -2.24. The zero-order chi connectivity index (χ0) is 20.7. The fraction of sp³-hybridized carbons (Fsp3) is 0.391. The van der Waals surface area contributed by atoms with Gasteiger partial charge in [0.2, 0.25) is 0 Å². The number of hydrazone groups is 1. The van der Waals surface area contributed by atoms with Gasteiger partial charge in [0, 0.05) is 9.13 Å². The largest absolute Gasteiger partial charge is 0.493 e. The van der Waals surface area contributed by atoms with Crippen LogP contribution in [0.5, 0.6) is 11.5 Å². The molecule has 0 heterocycles. The number of ether oxygens (including phenoxy) is 2. The predicted octanol–water partition coefficient (Wildman–Crippen LogP) is 5.56. The van der Waals surface area contributed by atoms with Crippen molar-refractivity contribution in [2.24, 2.45) is 5.10 Å². The van der Waals surface area contributed by atoms with Crippen molar-refractivity contribution >= 4 is 34.7 Å². The third kappa shape index (κ3) is 9.78. The molecule has 0 radical (unpaired) electrons. The van der Waals surface area contributed by atoms with E-state index in [-0.39, 0.29) is 12.5 Å². The number of benzene rings is 2. The van der Waals surface area contributed by atoms with Gasteiger partial charge in [-0.3, -0.25) is 4.79 Å². The van der Waals surface area contributed by atoms with Crippen LogP contribution in [0.25, 0.3) is 0 Å². The van der Waals surface area contributed by atoms with Gasteiger partial charge in [-0.2, -0.15) is 5.10 Å². The molecular formula is C23H29IN2O3. The molecule has 0 saturated carbocycles. The maximum atomic E-state index is 11.9. The van der Waals surface area contributed by atoms with Gasteiger partial charge < -0.3 is 9.47 Å². The summed E-state index contributed by atoms with van der Waals surface area (Å²) in [5.41, 5.74) is 3.32. The van der Waals surface area contributed by atoms with Gasteiger partial charge in [0.1, 0.15) is 11.5 Å². The molecule has 0 aliphatic carbocycles. The van der Waals surface area contributed by atoms with E-state index >= 15 is 0 Å². The molecule has 0 aliphatic heterocycles. The number of hydrogen-bond acceptors (Lipinski definition) is 4. The predicted molar refractivity (Wildman–Crippen MR) is 126 cm³/mol. The molecule has 6 heteroatoms. The van der Waals surface area contributed by atoms with E-state index in [9.17, 15) is 4.79 Å². The molecule has 0 fully saturated rings. The zero-order valence-corrected chi connectivity index (χ0v) is 19.1. The summed E-state index contributed by atoms with van der Waals surface area (Å²) in [7, 11) is 0. The Hall–Kier alpha value is -2.09. The van der Waals surface area contributed by atoms with Crippen LogP contribution in [0, 0.1) is 3.57 Å². The molecule has 1 N–H and O–H groups in total.